The first kappa shape index (κ1) is 32.5. The van der Waals surface area contributed by atoms with Crippen molar-refractivity contribution in [3.05, 3.63) is 181 Å². The summed E-state index contributed by atoms with van der Waals surface area (Å²) in [6.45, 7) is 0. The molecule has 5 aliphatic carbocycles. The van der Waals surface area contributed by atoms with Crippen molar-refractivity contribution in [1.29, 1.82) is 0 Å². The molecule has 59 heavy (non-hydrogen) atoms. The Bertz CT molecular complexity index is 3310. The highest BCUT2D eigenvalue weighted by atomic mass is 16.3. The minimum Gasteiger partial charge on any atom is -0.456 e. The Kier molecular flexibility index (Phi) is 6.52. The molecule has 5 aliphatic rings. The molecule has 1 aromatic heterocycles. The molecule has 1 spiro atoms. The largest absolute Gasteiger partial charge is 0.456 e. The van der Waals surface area contributed by atoms with Gasteiger partial charge in [0.05, 0.1) is 0 Å². The highest BCUT2D eigenvalue weighted by Gasteiger charge is 2.61. The molecule has 10 aromatic rings. The van der Waals surface area contributed by atoms with Gasteiger partial charge in [-0.25, -0.2) is 0 Å². The van der Waals surface area contributed by atoms with Crippen LogP contribution < -0.4 is 0 Å². The zero-order chi connectivity index (χ0) is 38.4. The van der Waals surface area contributed by atoms with E-state index in [1.54, 1.807) is 11.1 Å². The molecule has 1 nitrogen and oxygen atoms in total. The highest BCUT2D eigenvalue weighted by molar-refractivity contribution is 6.21. The number of hydrogen-bond donors (Lipinski definition) is 0. The van der Waals surface area contributed by atoms with E-state index in [0.717, 1.165) is 51.2 Å². The number of hydrogen-bond acceptors (Lipinski definition) is 1. The molecule has 0 radical (unpaired) electrons. The minimum absolute atomic E-state index is 0.0976. The maximum absolute atomic E-state index is 6.27. The van der Waals surface area contributed by atoms with Crippen molar-refractivity contribution in [2.75, 3.05) is 0 Å². The Hall–Kier alpha value is -6.44. The zero-order valence-electron chi connectivity index (χ0n) is 32.9. The molecule has 0 aliphatic heterocycles. The van der Waals surface area contributed by atoms with Crippen molar-refractivity contribution < 1.29 is 4.42 Å². The van der Waals surface area contributed by atoms with Gasteiger partial charge in [-0.2, -0.15) is 0 Å². The van der Waals surface area contributed by atoms with Gasteiger partial charge in [0.25, 0.3) is 0 Å². The van der Waals surface area contributed by atoms with E-state index in [2.05, 4.69) is 158 Å². The molecule has 0 N–H and O–H groups in total. The quantitative estimate of drug-likeness (QED) is 0.164. The third kappa shape index (κ3) is 4.35. The summed E-state index contributed by atoms with van der Waals surface area (Å²) in [5.41, 5.74) is 15.8. The van der Waals surface area contributed by atoms with Gasteiger partial charge in [-0.3, -0.25) is 0 Å². The van der Waals surface area contributed by atoms with Crippen LogP contribution in [0.1, 0.15) is 43.2 Å². The van der Waals surface area contributed by atoms with Gasteiger partial charge in [-0.1, -0.05) is 146 Å². The molecular formula is C58H42O. The number of furan rings is 1. The smallest absolute Gasteiger partial charge is 0.136 e. The Labute approximate surface area is 343 Å². The fourth-order valence-electron chi connectivity index (χ4n) is 13.6. The first-order valence-electron chi connectivity index (χ1n) is 21.8. The van der Waals surface area contributed by atoms with Gasteiger partial charge in [-0.15, -0.1) is 0 Å². The number of fused-ring (bicyclic) bond motifs is 10. The van der Waals surface area contributed by atoms with Gasteiger partial charge in [0.1, 0.15) is 11.2 Å². The summed E-state index contributed by atoms with van der Waals surface area (Å²) in [7, 11) is 0. The van der Waals surface area contributed by atoms with Crippen LogP contribution in [0.25, 0.3) is 98.8 Å². The first-order valence-corrected chi connectivity index (χ1v) is 21.8. The molecule has 0 atom stereocenters. The van der Waals surface area contributed by atoms with E-state index in [9.17, 15) is 0 Å². The van der Waals surface area contributed by atoms with Crippen LogP contribution in [0.3, 0.4) is 0 Å². The van der Waals surface area contributed by atoms with Gasteiger partial charge in [0, 0.05) is 16.2 Å². The van der Waals surface area contributed by atoms with Crippen molar-refractivity contribution in [2.45, 2.75) is 37.5 Å². The molecule has 0 saturated heterocycles. The van der Waals surface area contributed by atoms with Crippen LogP contribution in [0, 0.1) is 23.7 Å². The van der Waals surface area contributed by atoms with Gasteiger partial charge in [0.2, 0.25) is 0 Å². The SMILES string of the molecule is c1ccc2c3c(ccc2c1)C1(c2cc(-c4c5ccccc5c(-c5ccc(-c6ccc7c(c6)oc6ccccc67)cc5)c5ccccc45)ccc2-3)C2CC3CC(C2)CC1C3. The number of rotatable bonds is 3. The van der Waals surface area contributed by atoms with Gasteiger partial charge >= 0.3 is 0 Å². The van der Waals surface area contributed by atoms with Crippen LogP contribution in [-0.4, -0.2) is 0 Å². The van der Waals surface area contributed by atoms with Gasteiger partial charge < -0.3 is 4.42 Å². The second kappa shape index (κ2) is 11.8. The molecular weight excluding hydrogens is 713 g/mol. The van der Waals surface area contributed by atoms with E-state index < -0.39 is 0 Å². The van der Waals surface area contributed by atoms with Crippen LogP contribution in [0.2, 0.25) is 0 Å². The Morgan fingerprint density at radius 1 is 0.356 bits per heavy atom. The van der Waals surface area contributed by atoms with Crippen molar-refractivity contribution in [1.82, 2.24) is 0 Å². The number of benzene rings is 9. The third-order valence-corrected chi connectivity index (χ3v) is 15.6. The lowest BCUT2D eigenvalue weighted by molar-refractivity contribution is -0.0399. The molecule has 280 valence electrons. The Morgan fingerprint density at radius 3 is 1.59 bits per heavy atom. The summed E-state index contributed by atoms with van der Waals surface area (Å²) in [5, 5.41) is 10.3. The molecule has 4 saturated carbocycles. The molecule has 1 heterocycles. The molecule has 1 heteroatoms. The normalized spacial score (nSPS) is 22.6. The van der Waals surface area contributed by atoms with E-state index in [0.29, 0.717) is 0 Å². The van der Waals surface area contributed by atoms with Gasteiger partial charge in [0.15, 0.2) is 0 Å². The van der Waals surface area contributed by atoms with Crippen LogP contribution in [-0.2, 0) is 5.41 Å². The van der Waals surface area contributed by atoms with Crippen LogP contribution >= 0.6 is 0 Å². The molecule has 4 fully saturated rings. The maximum atomic E-state index is 6.27. The predicted octanol–water partition coefficient (Wildman–Crippen LogP) is 15.8. The molecule has 15 rings (SSSR count). The average Bonchev–Trinajstić information content (AvgIpc) is 3.80. The van der Waals surface area contributed by atoms with Crippen LogP contribution in [0.15, 0.2) is 174 Å². The van der Waals surface area contributed by atoms with E-state index >= 15 is 0 Å². The monoisotopic (exact) mass is 754 g/mol. The Balaban J connectivity index is 0.951. The van der Waals surface area contributed by atoms with Crippen LogP contribution in [0.5, 0.6) is 0 Å². The lowest BCUT2D eigenvalue weighted by Gasteiger charge is -2.61. The molecule has 0 unspecified atom stereocenters. The second-order valence-electron chi connectivity index (χ2n) is 18.4. The summed E-state index contributed by atoms with van der Waals surface area (Å²) >= 11 is 0. The molecule has 0 amide bonds. The summed E-state index contributed by atoms with van der Waals surface area (Å²) in [6.07, 6.45) is 7.01. The summed E-state index contributed by atoms with van der Waals surface area (Å²) < 4.78 is 6.27. The molecule has 4 bridgehead atoms. The predicted molar refractivity (Wildman–Crippen MR) is 246 cm³/mol. The third-order valence-electron chi connectivity index (χ3n) is 15.6. The minimum atomic E-state index is 0.0976. The van der Waals surface area contributed by atoms with Crippen molar-refractivity contribution in [2.24, 2.45) is 23.7 Å². The summed E-state index contributed by atoms with van der Waals surface area (Å²) in [5.74, 6) is 3.26. The lowest BCUT2D eigenvalue weighted by Crippen LogP contribution is -2.55. The van der Waals surface area contributed by atoms with Gasteiger partial charge in [-0.05, 0) is 168 Å². The standard InChI is InChI=1S/C58H42O/c1-2-10-43-37(9-1)23-26-51-57(43)50-25-22-40(32-52(50)58(51)41-28-34-27-35(30-41)31-42(58)29-34)56-48-14-5-3-12-46(48)55(47-13-4-6-15-49(47)56)38-19-17-36(18-20-38)39-21-24-45-44-11-7-8-16-53(44)59-54(45)33-39/h1-26,32-35,41-42H,27-31H2. The summed E-state index contributed by atoms with van der Waals surface area (Å²) in [6, 6.07) is 64.2. The fourth-order valence-corrected chi connectivity index (χ4v) is 13.6. The van der Waals surface area contributed by atoms with E-state index in [-0.39, 0.29) is 5.41 Å². The van der Waals surface area contributed by atoms with E-state index in [4.69, 9.17) is 4.42 Å². The van der Waals surface area contributed by atoms with Crippen molar-refractivity contribution in [3.8, 4) is 44.5 Å². The fraction of sp³-hybridized carbons (Fsp3) is 0.172. The van der Waals surface area contributed by atoms with Crippen LogP contribution in [0.4, 0.5) is 0 Å². The molecule has 9 aromatic carbocycles. The lowest BCUT2D eigenvalue weighted by atomic mass is 9.43. The first-order chi connectivity index (χ1) is 29.2. The van der Waals surface area contributed by atoms with Crippen molar-refractivity contribution in [3.63, 3.8) is 0 Å². The Morgan fingerprint density at radius 2 is 0.898 bits per heavy atom. The summed E-state index contributed by atoms with van der Waals surface area (Å²) in [4.78, 5) is 0. The zero-order valence-corrected chi connectivity index (χ0v) is 32.9. The topological polar surface area (TPSA) is 13.1 Å². The van der Waals surface area contributed by atoms with E-state index in [1.165, 1.54) is 103 Å². The number of para-hydroxylation sites is 1. The van der Waals surface area contributed by atoms with E-state index in [1.807, 2.05) is 12.1 Å². The maximum Gasteiger partial charge on any atom is 0.136 e. The highest BCUT2D eigenvalue weighted by Crippen LogP contribution is 2.70. The average molecular weight is 755 g/mol. The second-order valence-corrected chi connectivity index (χ2v) is 18.4. The van der Waals surface area contributed by atoms with Crippen molar-refractivity contribution >= 4 is 54.3 Å².